The van der Waals surface area contributed by atoms with E-state index in [0.29, 0.717) is 12.1 Å². The molecule has 1 aliphatic heterocycles. The molecule has 112 valence electrons. The third-order valence-corrected chi connectivity index (χ3v) is 4.71. The topological polar surface area (TPSA) is 15.3 Å². The van der Waals surface area contributed by atoms with E-state index in [9.17, 15) is 0 Å². The molecule has 0 saturated carbocycles. The Hall–Kier alpha value is -0.730. The minimum Gasteiger partial charge on any atom is -0.367 e. The first-order chi connectivity index (χ1) is 9.52. The second-order valence-electron chi connectivity index (χ2n) is 6.17. The summed E-state index contributed by atoms with van der Waals surface area (Å²) in [5.74, 6) is 0.752. The molecule has 0 spiro atoms. The minimum absolute atomic E-state index is 0.351. The van der Waals surface area contributed by atoms with Crippen LogP contribution in [0.25, 0.3) is 0 Å². The van der Waals surface area contributed by atoms with E-state index in [1.807, 2.05) is 0 Å². The number of anilines is 1. The third-order valence-electron chi connectivity index (χ3n) is 4.41. The van der Waals surface area contributed by atoms with E-state index in [-0.39, 0.29) is 0 Å². The summed E-state index contributed by atoms with van der Waals surface area (Å²) in [5.41, 5.74) is 2.46. The van der Waals surface area contributed by atoms with Crippen molar-refractivity contribution in [2.45, 2.75) is 52.6 Å². The molecule has 1 aromatic carbocycles. The fourth-order valence-corrected chi connectivity index (χ4v) is 3.37. The SMILES string of the molecule is CCNC(C)c1ccc(N2CC(C)CCC2C)c(Cl)c1. The number of benzene rings is 1. The molecule has 2 rings (SSSR count). The summed E-state index contributed by atoms with van der Waals surface area (Å²) in [5, 5.41) is 4.31. The van der Waals surface area contributed by atoms with Crippen molar-refractivity contribution in [1.29, 1.82) is 0 Å². The molecular formula is C17H27ClN2. The highest BCUT2D eigenvalue weighted by Crippen LogP contribution is 2.34. The maximum atomic E-state index is 6.55. The van der Waals surface area contributed by atoms with Crippen molar-refractivity contribution >= 4 is 17.3 Å². The summed E-state index contributed by atoms with van der Waals surface area (Å²) in [7, 11) is 0. The number of hydrogen-bond acceptors (Lipinski definition) is 2. The monoisotopic (exact) mass is 294 g/mol. The van der Waals surface area contributed by atoms with E-state index in [1.165, 1.54) is 24.1 Å². The molecule has 1 aromatic rings. The summed E-state index contributed by atoms with van der Waals surface area (Å²) in [6, 6.07) is 7.46. The van der Waals surface area contributed by atoms with Crippen molar-refractivity contribution in [1.82, 2.24) is 5.32 Å². The molecule has 1 fully saturated rings. The van der Waals surface area contributed by atoms with Crippen LogP contribution >= 0.6 is 11.6 Å². The highest BCUT2D eigenvalue weighted by atomic mass is 35.5. The molecular weight excluding hydrogens is 268 g/mol. The fourth-order valence-electron chi connectivity index (χ4n) is 3.07. The van der Waals surface area contributed by atoms with Crippen LogP contribution in [0.5, 0.6) is 0 Å². The Morgan fingerprint density at radius 3 is 2.75 bits per heavy atom. The van der Waals surface area contributed by atoms with Gasteiger partial charge in [-0.3, -0.25) is 0 Å². The zero-order chi connectivity index (χ0) is 14.7. The van der Waals surface area contributed by atoms with Gasteiger partial charge >= 0.3 is 0 Å². The predicted molar refractivity (Wildman–Crippen MR) is 88.7 cm³/mol. The molecule has 0 radical (unpaired) electrons. The highest BCUT2D eigenvalue weighted by molar-refractivity contribution is 6.33. The number of piperidine rings is 1. The summed E-state index contributed by atoms with van der Waals surface area (Å²) in [4.78, 5) is 2.47. The van der Waals surface area contributed by atoms with Crippen LogP contribution in [0.15, 0.2) is 18.2 Å². The molecule has 1 saturated heterocycles. The van der Waals surface area contributed by atoms with Gasteiger partial charge in [0.2, 0.25) is 0 Å². The van der Waals surface area contributed by atoms with Gasteiger partial charge in [0.05, 0.1) is 10.7 Å². The van der Waals surface area contributed by atoms with Crippen LogP contribution in [0.2, 0.25) is 5.02 Å². The maximum Gasteiger partial charge on any atom is 0.0642 e. The number of rotatable bonds is 4. The Bertz CT molecular complexity index is 447. The lowest BCUT2D eigenvalue weighted by Crippen LogP contribution is -2.41. The minimum atomic E-state index is 0.351. The Morgan fingerprint density at radius 1 is 1.35 bits per heavy atom. The molecule has 0 bridgehead atoms. The Morgan fingerprint density at radius 2 is 2.10 bits per heavy atom. The second-order valence-corrected chi connectivity index (χ2v) is 6.58. The molecule has 3 heteroatoms. The van der Waals surface area contributed by atoms with Crippen molar-refractivity contribution < 1.29 is 0 Å². The zero-order valence-corrected chi connectivity index (χ0v) is 13.9. The van der Waals surface area contributed by atoms with E-state index in [2.05, 4.69) is 56.1 Å². The standard InChI is InChI=1S/C17H27ClN2/c1-5-19-14(4)15-8-9-17(16(18)10-15)20-11-12(2)6-7-13(20)3/h8-10,12-14,19H,5-7,11H2,1-4H3. The van der Waals surface area contributed by atoms with Crippen molar-refractivity contribution in [3.05, 3.63) is 28.8 Å². The van der Waals surface area contributed by atoms with E-state index >= 15 is 0 Å². The van der Waals surface area contributed by atoms with Crippen molar-refractivity contribution in [2.75, 3.05) is 18.0 Å². The fraction of sp³-hybridized carbons (Fsp3) is 0.647. The van der Waals surface area contributed by atoms with E-state index < -0.39 is 0 Å². The van der Waals surface area contributed by atoms with Gasteiger partial charge in [0, 0.05) is 18.6 Å². The molecule has 0 aliphatic carbocycles. The lowest BCUT2D eigenvalue weighted by molar-refractivity contribution is 0.390. The van der Waals surface area contributed by atoms with Gasteiger partial charge in [0.15, 0.2) is 0 Å². The first-order valence-corrected chi connectivity index (χ1v) is 8.20. The average Bonchev–Trinajstić information content (AvgIpc) is 2.42. The van der Waals surface area contributed by atoms with Crippen molar-refractivity contribution in [3.63, 3.8) is 0 Å². The molecule has 0 amide bonds. The van der Waals surface area contributed by atoms with Crippen LogP contribution in [0.3, 0.4) is 0 Å². The van der Waals surface area contributed by atoms with Gasteiger partial charge in [-0.05, 0) is 56.8 Å². The molecule has 3 unspecified atom stereocenters. The smallest absolute Gasteiger partial charge is 0.0642 e. The van der Waals surface area contributed by atoms with E-state index in [4.69, 9.17) is 11.6 Å². The third kappa shape index (κ3) is 3.48. The predicted octanol–water partition coefficient (Wildman–Crippen LogP) is 4.64. The van der Waals surface area contributed by atoms with Crippen LogP contribution in [0.4, 0.5) is 5.69 Å². The first-order valence-electron chi connectivity index (χ1n) is 7.82. The Balaban J connectivity index is 2.20. The normalized spacial score (nSPS) is 24.8. The molecule has 1 aliphatic rings. The van der Waals surface area contributed by atoms with Gasteiger partial charge in [0.1, 0.15) is 0 Å². The van der Waals surface area contributed by atoms with Gasteiger partial charge in [0.25, 0.3) is 0 Å². The average molecular weight is 295 g/mol. The maximum absolute atomic E-state index is 6.55. The van der Waals surface area contributed by atoms with Gasteiger partial charge < -0.3 is 10.2 Å². The largest absolute Gasteiger partial charge is 0.367 e. The molecule has 0 aromatic heterocycles. The van der Waals surface area contributed by atoms with Crippen LogP contribution in [-0.4, -0.2) is 19.1 Å². The zero-order valence-electron chi connectivity index (χ0n) is 13.1. The van der Waals surface area contributed by atoms with Crippen molar-refractivity contribution in [3.8, 4) is 0 Å². The van der Waals surface area contributed by atoms with Crippen LogP contribution in [-0.2, 0) is 0 Å². The van der Waals surface area contributed by atoms with Crippen LogP contribution in [0.1, 0.15) is 52.1 Å². The number of halogens is 1. The molecule has 1 heterocycles. The summed E-state index contributed by atoms with van der Waals surface area (Å²) in [6.07, 6.45) is 2.58. The lowest BCUT2D eigenvalue weighted by Gasteiger charge is -2.39. The van der Waals surface area contributed by atoms with Gasteiger partial charge in [-0.1, -0.05) is 31.5 Å². The van der Waals surface area contributed by atoms with E-state index in [1.54, 1.807) is 0 Å². The van der Waals surface area contributed by atoms with Crippen molar-refractivity contribution in [2.24, 2.45) is 5.92 Å². The van der Waals surface area contributed by atoms with Gasteiger partial charge in [-0.25, -0.2) is 0 Å². The molecule has 2 nitrogen and oxygen atoms in total. The summed E-state index contributed by atoms with van der Waals surface area (Å²) >= 11 is 6.55. The van der Waals surface area contributed by atoms with E-state index in [0.717, 1.165) is 24.0 Å². The first kappa shape index (κ1) is 15.7. The lowest BCUT2D eigenvalue weighted by atomic mass is 9.94. The quantitative estimate of drug-likeness (QED) is 0.870. The Kier molecular flexibility index (Phi) is 5.34. The molecule has 1 N–H and O–H groups in total. The van der Waals surface area contributed by atoms with Crippen LogP contribution in [0, 0.1) is 5.92 Å². The summed E-state index contributed by atoms with van der Waals surface area (Å²) in [6.45, 7) is 11.0. The van der Waals surface area contributed by atoms with Gasteiger partial charge in [-0.15, -0.1) is 0 Å². The number of nitrogens with one attached hydrogen (secondary N) is 1. The highest BCUT2D eigenvalue weighted by Gasteiger charge is 2.24. The molecule has 20 heavy (non-hydrogen) atoms. The Labute approximate surface area is 128 Å². The summed E-state index contributed by atoms with van der Waals surface area (Å²) < 4.78 is 0. The molecule has 3 atom stereocenters. The number of nitrogens with zero attached hydrogens (tertiary/aromatic N) is 1. The van der Waals surface area contributed by atoms with Crippen LogP contribution < -0.4 is 10.2 Å². The second kappa shape index (κ2) is 6.82. The number of hydrogen-bond donors (Lipinski definition) is 1. The van der Waals surface area contributed by atoms with Gasteiger partial charge in [-0.2, -0.15) is 0 Å².